The van der Waals surface area contributed by atoms with E-state index in [9.17, 15) is 0 Å². The lowest BCUT2D eigenvalue weighted by molar-refractivity contribution is 1.57. The van der Waals surface area contributed by atoms with Crippen molar-refractivity contribution in [3.05, 3.63) is 0 Å². The van der Waals surface area contributed by atoms with Gasteiger partial charge in [-0.1, -0.05) is 0 Å². The second kappa shape index (κ2) is 12.1. The van der Waals surface area contributed by atoms with Crippen molar-refractivity contribution in [1.29, 1.82) is 5.26 Å². The lowest BCUT2D eigenvalue weighted by atomic mass is 10.2. The highest BCUT2D eigenvalue weighted by Crippen LogP contribution is 1.04. The van der Waals surface area contributed by atoms with Crippen molar-refractivity contribution in [1.82, 2.24) is 0 Å². The van der Waals surface area contributed by atoms with Crippen molar-refractivity contribution in [2.24, 2.45) is 0 Å². The summed E-state index contributed by atoms with van der Waals surface area (Å²) in [5.41, 5.74) is 0. The molecule has 0 fully saturated rings. The van der Waals surface area contributed by atoms with Gasteiger partial charge in [0.2, 0.25) is 7.85 Å². The molecule has 3 heteroatoms. The number of nitrogens with zero attached hydrogens (tertiary/aromatic N) is 1. The minimum Gasteiger partial charge on any atom is -0.213 e. The molecule has 0 amide bonds. The fourth-order valence-corrected chi connectivity index (χ4v) is 0. The minimum absolute atomic E-state index is 0. The van der Waals surface area contributed by atoms with E-state index in [4.69, 9.17) is 5.26 Å². The molecule has 22 valence electrons. The molecule has 0 saturated heterocycles. The molecule has 0 heterocycles. The van der Waals surface area contributed by atoms with Crippen LogP contribution in [0, 0.1) is 11.2 Å². The normalized spacial score (nSPS) is 1.75. The summed E-state index contributed by atoms with van der Waals surface area (Å²) in [5.74, 6) is 1.75. The topological polar surface area (TPSA) is 23.8 Å². The number of hydrogen-bond donors (Lipinski definition) is 0. The van der Waals surface area contributed by atoms with E-state index in [0.29, 0.717) is 0 Å². The van der Waals surface area contributed by atoms with Crippen LogP contribution in [0.2, 0.25) is 0 Å². The Kier molecular flexibility index (Phi) is 27.3. The Morgan fingerprint density at radius 3 is 1.75 bits per heavy atom. The number of rotatable bonds is 0. The first kappa shape index (κ1) is 9.01. The number of nitriles is 1. The number of hydrogen-bond acceptors (Lipinski definition) is 1. The highest BCUT2D eigenvalue weighted by Gasteiger charge is 1.23. The van der Waals surface area contributed by atoms with E-state index in [0.717, 1.165) is 0 Å². The van der Waals surface area contributed by atoms with Gasteiger partial charge in [0.1, 0.15) is 0 Å². The van der Waals surface area contributed by atoms with Crippen LogP contribution in [0.4, 0.5) is 0 Å². The molecule has 0 bridgehead atoms. The zero-order valence-electron chi connectivity index (χ0n) is 2.65. The predicted octanol–water partition coefficient (Wildman–Crippen LogP) is -0.841. The molecular formula is CH5BNP. The summed E-state index contributed by atoms with van der Waals surface area (Å²) in [6, 6.07) is 0. The van der Waals surface area contributed by atoms with Crippen LogP contribution in [-0.4, -0.2) is 7.85 Å². The second-order valence-electron chi connectivity index (χ2n) is 0.224. The maximum atomic E-state index is 7.32. The van der Waals surface area contributed by atoms with Gasteiger partial charge >= 0.3 is 0 Å². The quantitative estimate of drug-likeness (QED) is 0.271. The predicted molar refractivity (Wildman–Crippen MR) is 25.3 cm³/mol. The van der Waals surface area contributed by atoms with Gasteiger partial charge in [-0.3, -0.25) is 0 Å². The summed E-state index contributed by atoms with van der Waals surface area (Å²) in [5, 5.41) is 7.32. The van der Waals surface area contributed by atoms with E-state index in [1.807, 2.05) is 0 Å². The van der Waals surface area contributed by atoms with Crippen LogP contribution in [0.1, 0.15) is 0 Å². The van der Waals surface area contributed by atoms with E-state index >= 15 is 0 Å². The summed E-state index contributed by atoms with van der Waals surface area (Å²) in [6.07, 6.45) is 0. The molecule has 0 aliphatic rings. The summed E-state index contributed by atoms with van der Waals surface area (Å²) < 4.78 is 0. The standard InChI is InChI=1S/CH2BN.H3P/c2-1-3;/h2H2;1H3. The molecule has 0 aromatic heterocycles. The van der Waals surface area contributed by atoms with Gasteiger partial charge in [-0.2, -0.15) is 9.90 Å². The smallest absolute Gasteiger partial charge is 0.213 e. The molecule has 0 aromatic carbocycles. The molecule has 0 spiro atoms. The molecule has 0 radical (unpaired) electrons. The third kappa shape index (κ3) is 8480. The lowest BCUT2D eigenvalue weighted by Gasteiger charge is -1.12. The molecular weight excluding hydrogens is 67.8 g/mol. The first-order valence-corrected chi connectivity index (χ1v) is 0.724. The third-order valence-electron chi connectivity index (χ3n) is 0. The molecule has 4 heavy (non-hydrogen) atoms. The summed E-state index contributed by atoms with van der Waals surface area (Å²) in [4.78, 5) is 0. The molecule has 0 saturated carbocycles. The highest BCUT2D eigenvalue weighted by molar-refractivity contribution is 6.92. The highest BCUT2D eigenvalue weighted by atomic mass is 31.0. The molecule has 1 unspecified atom stereocenters. The average Bonchev–Trinajstić information content (AvgIpc) is 0.918. The van der Waals surface area contributed by atoms with Gasteiger partial charge in [0, 0.05) is 0 Å². The van der Waals surface area contributed by atoms with Crippen LogP contribution in [0.5, 0.6) is 0 Å². The first-order chi connectivity index (χ1) is 1.41. The van der Waals surface area contributed by atoms with Gasteiger partial charge in [0.15, 0.2) is 0 Å². The Bertz CT molecular complexity index is 29.5. The van der Waals surface area contributed by atoms with Crippen molar-refractivity contribution >= 4 is 17.7 Å². The van der Waals surface area contributed by atoms with Crippen molar-refractivity contribution in [3.63, 3.8) is 0 Å². The molecule has 1 atom stereocenters. The molecule has 0 aliphatic carbocycles. The van der Waals surface area contributed by atoms with Crippen LogP contribution in [0.3, 0.4) is 0 Å². The lowest BCUT2D eigenvalue weighted by Crippen LogP contribution is -1.32. The monoisotopic (exact) mass is 73.0 g/mol. The largest absolute Gasteiger partial charge is 0.232 e. The summed E-state index contributed by atoms with van der Waals surface area (Å²) in [6.45, 7) is 0. The van der Waals surface area contributed by atoms with Crippen LogP contribution in [0.25, 0.3) is 0 Å². The van der Waals surface area contributed by atoms with Crippen LogP contribution >= 0.6 is 9.90 Å². The van der Waals surface area contributed by atoms with E-state index in [1.165, 1.54) is 7.85 Å². The molecule has 0 aromatic rings. The van der Waals surface area contributed by atoms with Gasteiger partial charge in [-0.15, -0.1) is 0 Å². The Balaban J connectivity index is 0. The molecule has 0 N–H and O–H groups in total. The minimum atomic E-state index is 0. The Morgan fingerprint density at radius 1 is 1.75 bits per heavy atom. The van der Waals surface area contributed by atoms with Crippen molar-refractivity contribution in [3.8, 4) is 5.97 Å². The first-order valence-electron chi connectivity index (χ1n) is 0.724. The van der Waals surface area contributed by atoms with Crippen LogP contribution in [0.15, 0.2) is 0 Å². The van der Waals surface area contributed by atoms with Gasteiger partial charge in [-0.05, 0) is 5.97 Å². The van der Waals surface area contributed by atoms with Crippen LogP contribution in [-0.2, 0) is 0 Å². The van der Waals surface area contributed by atoms with E-state index in [1.54, 1.807) is 5.97 Å². The van der Waals surface area contributed by atoms with E-state index < -0.39 is 0 Å². The van der Waals surface area contributed by atoms with E-state index in [2.05, 4.69) is 0 Å². The fraction of sp³-hybridized carbons (Fsp3) is 0. The summed E-state index contributed by atoms with van der Waals surface area (Å²) in [7, 11) is 1.43. The third-order valence-corrected chi connectivity index (χ3v) is 0. The van der Waals surface area contributed by atoms with Crippen molar-refractivity contribution in [2.45, 2.75) is 0 Å². The second-order valence-corrected chi connectivity index (χ2v) is 0.224. The van der Waals surface area contributed by atoms with Crippen molar-refractivity contribution < 1.29 is 0 Å². The fourth-order valence-electron chi connectivity index (χ4n) is 0. The zero-order chi connectivity index (χ0) is 2.71. The Labute approximate surface area is 30.0 Å². The van der Waals surface area contributed by atoms with Gasteiger partial charge < -0.3 is 0 Å². The molecule has 0 aliphatic heterocycles. The maximum absolute atomic E-state index is 7.32. The van der Waals surface area contributed by atoms with Gasteiger partial charge in [0.25, 0.3) is 0 Å². The summed E-state index contributed by atoms with van der Waals surface area (Å²) >= 11 is 0. The zero-order valence-corrected chi connectivity index (χ0v) is 4.07. The Hall–Kier alpha value is -0.0151. The van der Waals surface area contributed by atoms with Gasteiger partial charge in [0.05, 0.1) is 0 Å². The van der Waals surface area contributed by atoms with Gasteiger partial charge in [-0.25, -0.2) is 5.26 Å². The Morgan fingerprint density at radius 2 is 1.75 bits per heavy atom. The average molecular weight is 72.8 g/mol. The molecule has 0 rings (SSSR count). The maximum Gasteiger partial charge on any atom is 0.232 e. The van der Waals surface area contributed by atoms with Crippen LogP contribution < -0.4 is 0 Å². The van der Waals surface area contributed by atoms with Crippen molar-refractivity contribution in [2.75, 3.05) is 0 Å². The van der Waals surface area contributed by atoms with E-state index in [-0.39, 0.29) is 9.90 Å². The SMILES string of the molecule is BC#N.P. The molecule has 1 nitrogen and oxygen atoms in total.